The van der Waals surface area contributed by atoms with Crippen LogP contribution in [0.2, 0.25) is 0 Å². The van der Waals surface area contributed by atoms with E-state index >= 15 is 0 Å². The van der Waals surface area contributed by atoms with Crippen molar-refractivity contribution in [3.63, 3.8) is 0 Å². The first-order chi connectivity index (χ1) is 12.6. The summed E-state index contributed by atoms with van der Waals surface area (Å²) in [6, 6.07) is 17.5. The van der Waals surface area contributed by atoms with Crippen molar-refractivity contribution in [3.05, 3.63) is 71.5 Å². The predicted molar refractivity (Wildman–Crippen MR) is 98.1 cm³/mol. The maximum Gasteiger partial charge on any atom is 0.280 e. The third-order valence-electron chi connectivity index (χ3n) is 4.42. The molecule has 134 valence electrons. The summed E-state index contributed by atoms with van der Waals surface area (Å²) < 4.78 is 29.3. The summed E-state index contributed by atoms with van der Waals surface area (Å²) in [5.41, 5.74) is 3.14. The molecule has 3 aromatic rings. The molecule has 0 saturated carbocycles. The molecule has 0 radical (unpaired) electrons. The standard InChI is InChI=1S/C18H19N5O2S/c24-26(25,23-11-10-14-6-4-5-9-16(14)13-23)19-12-17-20-18(22-21-17)15-7-2-1-3-8-15/h1-9,19H,10-13H2,(H,20,21,22). The summed E-state index contributed by atoms with van der Waals surface area (Å²) in [6.45, 7) is 0.926. The third kappa shape index (κ3) is 3.52. The van der Waals surface area contributed by atoms with Crippen LogP contribution in [0.3, 0.4) is 0 Å². The van der Waals surface area contributed by atoms with E-state index in [0.717, 1.165) is 17.5 Å². The fraction of sp³-hybridized carbons (Fsp3) is 0.222. The van der Waals surface area contributed by atoms with E-state index in [4.69, 9.17) is 0 Å². The molecule has 1 aliphatic rings. The second-order valence-electron chi connectivity index (χ2n) is 6.15. The van der Waals surface area contributed by atoms with Gasteiger partial charge in [0, 0.05) is 18.7 Å². The number of hydrogen-bond acceptors (Lipinski definition) is 4. The van der Waals surface area contributed by atoms with Gasteiger partial charge in [0.25, 0.3) is 10.2 Å². The average Bonchev–Trinajstić information content (AvgIpc) is 3.16. The third-order valence-corrected chi connectivity index (χ3v) is 5.92. The summed E-state index contributed by atoms with van der Waals surface area (Å²) in [4.78, 5) is 4.35. The first-order valence-electron chi connectivity index (χ1n) is 8.40. The molecular formula is C18H19N5O2S. The molecule has 26 heavy (non-hydrogen) atoms. The van der Waals surface area contributed by atoms with Gasteiger partial charge < -0.3 is 0 Å². The SMILES string of the molecule is O=S(=O)(NCc1nc(-c2ccccc2)n[nH]1)N1CCc2ccccc2C1. The molecule has 0 aliphatic carbocycles. The number of benzene rings is 2. The van der Waals surface area contributed by atoms with Gasteiger partial charge in [0.15, 0.2) is 5.82 Å². The number of aromatic amines is 1. The highest BCUT2D eigenvalue weighted by molar-refractivity contribution is 7.87. The van der Waals surface area contributed by atoms with Crippen molar-refractivity contribution < 1.29 is 8.42 Å². The number of fused-ring (bicyclic) bond motifs is 1. The second-order valence-corrected chi connectivity index (χ2v) is 7.91. The van der Waals surface area contributed by atoms with Crippen molar-refractivity contribution in [2.75, 3.05) is 6.54 Å². The molecule has 0 unspecified atom stereocenters. The summed E-state index contributed by atoms with van der Waals surface area (Å²) in [7, 11) is -3.58. The Morgan fingerprint density at radius 2 is 1.77 bits per heavy atom. The first kappa shape index (κ1) is 16.9. The fourth-order valence-corrected chi connectivity index (χ4v) is 4.16. The fourth-order valence-electron chi connectivity index (χ4n) is 3.02. The minimum Gasteiger partial charge on any atom is -0.262 e. The molecule has 2 heterocycles. The van der Waals surface area contributed by atoms with Crippen molar-refractivity contribution in [2.24, 2.45) is 0 Å². The van der Waals surface area contributed by atoms with E-state index in [2.05, 4.69) is 19.9 Å². The van der Waals surface area contributed by atoms with Gasteiger partial charge in [0.2, 0.25) is 0 Å². The lowest BCUT2D eigenvalue weighted by Gasteiger charge is -2.27. The molecule has 0 saturated heterocycles. The molecule has 0 amide bonds. The Kier molecular flexibility index (Phi) is 4.54. The van der Waals surface area contributed by atoms with Crippen LogP contribution in [0.25, 0.3) is 11.4 Å². The van der Waals surface area contributed by atoms with Crippen molar-refractivity contribution >= 4 is 10.2 Å². The van der Waals surface area contributed by atoms with Crippen molar-refractivity contribution in [2.45, 2.75) is 19.5 Å². The number of nitrogens with one attached hydrogen (secondary N) is 2. The lowest BCUT2D eigenvalue weighted by atomic mass is 10.0. The number of H-pyrrole nitrogens is 1. The minimum atomic E-state index is -3.58. The lowest BCUT2D eigenvalue weighted by molar-refractivity contribution is 0.383. The molecule has 0 fully saturated rings. The van der Waals surface area contributed by atoms with E-state index in [-0.39, 0.29) is 6.54 Å². The molecule has 2 aromatic carbocycles. The van der Waals surface area contributed by atoms with Gasteiger partial charge in [-0.15, -0.1) is 0 Å². The van der Waals surface area contributed by atoms with Gasteiger partial charge in [0.05, 0.1) is 6.54 Å². The van der Waals surface area contributed by atoms with Crippen LogP contribution in [0, 0.1) is 0 Å². The van der Waals surface area contributed by atoms with Gasteiger partial charge in [-0.05, 0) is 17.5 Å². The zero-order chi connectivity index (χ0) is 18.0. The quantitative estimate of drug-likeness (QED) is 0.718. The summed E-state index contributed by atoms with van der Waals surface area (Å²) >= 11 is 0. The predicted octanol–water partition coefficient (Wildman–Crippen LogP) is 1.86. The molecule has 0 bridgehead atoms. The topological polar surface area (TPSA) is 91.0 Å². The first-order valence-corrected chi connectivity index (χ1v) is 9.84. The lowest BCUT2D eigenvalue weighted by Crippen LogP contribution is -2.43. The Morgan fingerprint density at radius 1 is 1.04 bits per heavy atom. The average molecular weight is 369 g/mol. The number of hydrogen-bond donors (Lipinski definition) is 2. The van der Waals surface area contributed by atoms with Crippen LogP contribution >= 0.6 is 0 Å². The van der Waals surface area contributed by atoms with E-state index < -0.39 is 10.2 Å². The van der Waals surface area contributed by atoms with Crippen LogP contribution in [-0.4, -0.2) is 34.4 Å². The highest BCUT2D eigenvalue weighted by Gasteiger charge is 2.26. The van der Waals surface area contributed by atoms with Crippen LogP contribution in [0.5, 0.6) is 0 Å². The molecule has 2 N–H and O–H groups in total. The molecule has 1 aromatic heterocycles. The highest BCUT2D eigenvalue weighted by Crippen LogP contribution is 2.20. The van der Waals surface area contributed by atoms with E-state index in [0.29, 0.717) is 24.7 Å². The number of rotatable bonds is 5. The van der Waals surface area contributed by atoms with Gasteiger partial charge in [-0.1, -0.05) is 54.6 Å². The molecular weight excluding hydrogens is 350 g/mol. The highest BCUT2D eigenvalue weighted by atomic mass is 32.2. The van der Waals surface area contributed by atoms with Crippen molar-refractivity contribution in [1.82, 2.24) is 24.2 Å². The zero-order valence-electron chi connectivity index (χ0n) is 14.1. The monoisotopic (exact) mass is 369 g/mol. The normalized spacial score (nSPS) is 14.9. The zero-order valence-corrected chi connectivity index (χ0v) is 14.9. The molecule has 0 spiro atoms. The Bertz CT molecular complexity index is 1000. The molecule has 0 atom stereocenters. The Morgan fingerprint density at radius 3 is 2.58 bits per heavy atom. The van der Waals surface area contributed by atoms with Gasteiger partial charge in [-0.25, -0.2) is 4.98 Å². The Labute approximate surface area is 152 Å². The van der Waals surface area contributed by atoms with E-state index in [1.165, 1.54) is 9.87 Å². The van der Waals surface area contributed by atoms with E-state index in [1.807, 2.05) is 54.6 Å². The molecule has 1 aliphatic heterocycles. The maximum atomic E-state index is 12.6. The van der Waals surface area contributed by atoms with Gasteiger partial charge in [-0.2, -0.15) is 22.5 Å². The van der Waals surface area contributed by atoms with Crippen molar-refractivity contribution in [3.8, 4) is 11.4 Å². The Balaban J connectivity index is 1.42. The largest absolute Gasteiger partial charge is 0.280 e. The number of nitrogens with zero attached hydrogens (tertiary/aromatic N) is 3. The number of aromatic nitrogens is 3. The van der Waals surface area contributed by atoms with Crippen LogP contribution in [0.15, 0.2) is 54.6 Å². The van der Waals surface area contributed by atoms with Crippen LogP contribution < -0.4 is 4.72 Å². The Hall–Kier alpha value is -2.55. The summed E-state index contributed by atoms with van der Waals surface area (Å²) in [5.74, 6) is 1.02. The van der Waals surface area contributed by atoms with Crippen LogP contribution in [0.1, 0.15) is 17.0 Å². The van der Waals surface area contributed by atoms with Crippen LogP contribution in [-0.2, 0) is 29.7 Å². The smallest absolute Gasteiger partial charge is 0.262 e. The molecule has 7 nitrogen and oxygen atoms in total. The van der Waals surface area contributed by atoms with E-state index in [9.17, 15) is 8.42 Å². The molecule has 4 rings (SSSR count). The van der Waals surface area contributed by atoms with Gasteiger partial charge >= 0.3 is 0 Å². The molecule has 8 heteroatoms. The van der Waals surface area contributed by atoms with Gasteiger partial charge in [0.1, 0.15) is 5.82 Å². The van der Waals surface area contributed by atoms with Crippen molar-refractivity contribution in [1.29, 1.82) is 0 Å². The van der Waals surface area contributed by atoms with E-state index in [1.54, 1.807) is 0 Å². The maximum absolute atomic E-state index is 12.6. The summed E-state index contributed by atoms with van der Waals surface area (Å²) in [5, 5.41) is 6.93. The van der Waals surface area contributed by atoms with Gasteiger partial charge in [-0.3, -0.25) is 5.10 Å². The summed E-state index contributed by atoms with van der Waals surface area (Å²) in [6.07, 6.45) is 0.720. The van der Waals surface area contributed by atoms with Crippen LogP contribution in [0.4, 0.5) is 0 Å². The second kappa shape index (κ2) is 6.99. The minimum absolute atomic E-state index is 0.0698.